The van der Waals surface area contributed by atoms with Gasteiger partial charge >= 0.3 is 0 Å². The average molecular weight is 430 g/mol. The summed E-state index contributed by atoms with van der Waals surface area (Å²) < 4.78 is 27.7. The van der Waals surface area contributed by atoms with E-state index in [-0.39, 0.29) is 11.8 Å². The third-order valence-corrected chi connectivity index (χ3v) is 8.25. The van der Waals surface area contributed by atoms with Gasteiger partial charge in [-0.2, -0.15) is 4.31 Å². The quantitative estimate of drug-likeness (QED) is 0.767. The van der Waals surface area contributed by atoms with Crippen LogP contribution in [0.2, 0.25) is 0 Å². The van der Waals surface area contributed by atoms with E-state index in [2.05, 4.69) is 10.2 Å². The lowest BCUT2D eigenvalue weighted by Gasteiger charge is -2.31. The Morgan fingerprint density at radius 3 is 2.37 bits per heavy atom. The van der Waals surface area contributed by atoms with Crippen molar-refractivity contribution in [3.05, 3.63) is 42.5 Å². The Hall–Kier alpha value is -1.96. The van der Waals surface area contributed by atoms with Crippen LogP contribution in [0.3, 0.4) is 0 Å². The SMILES string of the molecule is O=C(NCCN1CCCCC1)C1CCN(S(=O)(=O)c2ccc3ccccc3c2)CC1. The van der Waals surface area contributed by atoms with Gasteiger partial charge in [-0.1, -0.05) is 36.8 Å². The van der Waals surface area contributed by atoms with Crippen LogP contribution in [0.5, 0.6) is 0 Å². The summed E-state index contributed by atoms with van der Waals surface area (Å²) in [6.07, 6.45) is 4.95. The van der Waals surface area contributed by atoms with Gasteiger partial charge in [0, 0.05) is 32.1 Å². The second kappa shape index (κ2) is 9.45. The van der Waals surface area contributed by atoms with Gasteiger partial charge in [-0.3, -0.25) is 4.79 Å². The van der Waals surface area contributed by atoms with Crippen LogP contribution in [-0.2, 0) is 14.8 Å². The fourth-order valence-electron chi connectivity index (χ4n) is 4.50. The minimum absolute atomic E-state index is 0.0646. The molecule has 2 heterocycles. The lowest BCUT2D eigenvalue weighted by molar-refractivity contribution is -0.126. The van der Waals surface area contributed by atoms with Crippen molar-refractivity contribution in [3.8, 4) is 0 Å². The minimum Gasteiger partial charge on any atom is -0.355 e. The van der Waals surface area contributed by atoms with Gasteiger partial charge in [0.15, 0.2) is 0 Å². The summed E-state index contributed by atoms with van der Waals surface area (Å²) in [5, 5.41) is 5.00. The molecule has 2 fully saturated rings. The number of nitrogens with one attached hydrogen (secondary N) is 1. The van der Waals surface area contributed by atoms with Crippen LogP contribution in [0.4, 0.5) is 0 Å². The molecule has 0 spiro atoms. The Kier molecular flexibility index (Phi) is 6.71. The molecule has 2 aromatic carbocycles. The average Bonchev–Trinajstić information content (AvgIpc) is 2.79. The fourth-order valence-corrected chi connectivity index (χ4v) is 6.01. The number of piperidine rings is 2. The van der Waals surface area contributed by atoms with Crippen molar-refractivity contribution in [2.45, 2.75) is 37.0 Å². The molecular formula is C23H31N3O3S. The van der Waals surface area contributed by atoms with E-state index in [0.717, 1.165) is 30.4 Å². The molecule has 1 N–H and O–H groups in total. The van der Waals surface area contributed by atoms with E-state index < -0.39 is 10.0 Å². The van der Waals surface area contributed by atoms with Gasteiger partial charge in [0.1, 0.15) is 0 Å². The van der Waals surface area contributed by atoms with Gasteiger partial charge in [-0.05, 0) is 61.7 Å². The molecule has 0 unspecified atom stereocenters. The normalized spacial score (nSPS) is 19.7. The summed E-state index contributed by atoms with van der Waals surface area (Å²) in [6, 6.07) is 13.0. The number of hydrogen-bond acceptors (Lipinski definition) is 4. The molecule has 0 radical (unpaired) electrons. The third kappa shape index (κ3) is 4.85. The molecule has 2 aliphatic rings. The maximum atomic E-state index is 13.1. The fraction of sp³-hybridized carbons (Fsp3) is 0.522. The summed E-state index contributed by atoms with van der Waals surface area (Å²) in [7, 11) is -3.54. The van der Waals surface area contributed by atoms with Crippen LogP contribution in [0.1, 0.15) is 32.1 Å². The van der Waals surface area contributed by atoms with E-state index in [0.29, 0.717) is 37.4 Å². The third-order valence-electron chi connectivity index (χ3n) is 6.36. The van der Waals surface area contributed by atoms with Crippen LogP contribution in [0, 0.1) is 5.92 Å². The molecule has 2 aromatic rings. The van der Waals surface area contributed by atoms with Crippen LogP contribution >= 0.6 is 0 Å². The standard InChI is InChI=1S/C23H31N3O3S/c27-23(24-12-17-25-13-4-1-5-14-25)20-10-15-26(16-11-20)30(28,29)22-9-8-19-6-2-3-7-21(19)18-22/h2-3,6-9,18,20H,1,4-5,10-17H2,(H,24,27). The smallest absolute Gasteiger partial charge is 0.243 e. The van der Waals surface area contributed by atoms with Gasteiger partial charge < -0.3 is 10.2 Å². The summed E-state index contributed by atoms with van der Waals surface area (Å²) in [5.74, 6) is -0.0378. The first-order valence-corrected chi connectivity index (χ1v) is 12.5. The van der Waals surface area contributed by atoms with E-state index in [1.54, 1.807) is 12.1 Å². The zero-order valence-electron chi connectivity index (χ0n) is 17.4. The second-order valence-corrected chi connectivity index (χ2v) is 10.3. The molecule has 7 heteroatoms. The number of amides is 1. The molecule has 1 amide bonds. The number of carbonyl (C=O) groups excluding carboxylic acids is 1. The van der Waals surface area contributed by atoms with Crippen LogP contribution < -0.4 is 5.32 Å². The molecular weight excluding hydrogens is 398 g/mol. The molecule has 0 atom stereocenters. The van der Waals surface area contributed by atoms with Crippen molar-refractivity contribution in [1.29, 1.82) is 0 Å². The Morgan fingerprint density at radius 1 is 0.933 bits per heavy atom. The second-order valence-electron chi connectivity index (χ2n) is 8.38. The van der Waals surface area contributed by atoms with E-state index >= 15 is 0 Å². The number of sulfonamides is 1. The summed E-state index contributed by atoms with van der Waals surface area (Å²) in [6.45, 7) is 4.61. The van der Waals surface area contributed by atoms with Crippen LogP contribution in [-0.4, -0.2) is 62.8 Å². The highest BCUT2D eigenvalue weighted by molar-refractivity contribution is 7.89. The van der Waals surface area contributed by atoms with Crippen molar-refractivity contribution < 1.29 is 13.2 Å². The van der Waals surface area contributed by atoms with Crippen molar-refractivity contribution in [2.24, 2.45) is 5.92 Å². The highest BCUT2D eigenvalue weighted by Crippen LogP contribution is 2.26. The maximum absolute atomic E-state index is 13.1. The number of benzene rings is 2. The zero-order chi connectivity index (χ0) is 21.0. The predicted molar refractivity (Wildman–Crippen MR) is 119 cm³/mol. The van der Waals surface area contributed by atoms with E-state index in [1.807, 2.05) is 30.3 Å². The van der Waals surface area contributed by atoms with Gasteiger partial charge in [-0.15, -0.1) is 0 Å². The topological polar surface area (TPSA) is 69.7 Å². The number of hydrogen-bond donors (Lipinski definition) is 1. The monoisotopic (exact) mass is 429 g/mol. The number of nitrogens with zero attached hydrogens (tertiary/aromatic N) is 2. The van der Waals surface area contributed by atoms with Crippen LogP contribution in [0.25, 0.3) is 10.8 Å². The highest BCUT2D eigenvalue weighted by Gasteiger charge is 2.32. The Labute approximate surface area is 179 Å². The minimum atomic E-state index is -3.54. The number of carbonyl (C=O) groups is 1. The number of likely N-dealkylation sites (tertiary alicyclic amines) is 1. The molecule has 0 aromatic heterocycles. The first-order valence-electron chi connectivity index (χ1n) is 11.0. The number of fused-ring (bicyclic) bond motifs is 1. The summed E-state index contributed by atoms with van der Waals surface area (Å²) >= 11 is 0. The predicted octanol–water partition coefficient (Wildman–Crippen LogP) is 2.84. The first-order chi connectivity index (χ1) is 14.5. The van der Waals surface area contributed by atoms with E-state index in [1.165, 1.54) is 23.6 Å². The van der Waals surface area contributed by atoms with E-state index in [4.69, 9.17) is 0 Å². The van der Waals surface area contributed by atoms with Crippen molar-refractivity contribution in [3.63, 3.8) is 0 Å². The molecule has 4 rings (SSSR count). The zero-order valence-corrected chi connectivity index (χ0v) is 18.2. The Balaban J connectivity index is 1.30. The lowest BCUT2D eigenvalue weighted by Crippen LogP contribution is -2.44. The van der Waals surface area contributed by atoms with Crippen molar-refractivity contribution >= 4 is 26.7 Å². The van der Waals surface area contributed by atoms with Gasteiger partial charge in [0.2, 0.25) is 15.9 Å². The molecule has 0 aliphatic carbocycles. The first kappa shape index (κ1) is 21.3. The Bertz CT molecular complexity index is 978. The molecule has 2 saturated heterocycles. The largest absolute Gasteiger partial charge is 0.355 e. The Morgan fingerprint density at radius 2 is 1.63 bits per heavy atom. The van der Waals surface area contributed by atoms with Crippen LogP contribution in [0.15, 0.2) is 47.4 Å². The number of rotatable bonds is 6. The molecule has 0 bridgehead atoms. The van der Waals surface area contributed by atoms with Gasteiger partial charge in [-0.25, -0.2) is 8.42 Å². The lowest BCUT2D eigenvalue weighted by atomic mass is 9.97. The molecule has 30 heavy (non-hydrogen) atoms. The molecule has 6 nitrogen and oxygen atoms in total. The van der Waals surface area contributed by atoms with Gasteiger partial charge in [0.05, 0.1) is 4.90 Å². The molecule has 0 saturated carbocycles. The van der Waals surface area contributed by atoms with Crippen molar-refractivity contribution in [2.75, 3.05) is 39.3 Å². The molecule has 162 valence electrons. The summed E-state index contributed by atoms with van der Waals surface area (Å²) in [4.78, 5) is 15.2. The summed E-state index contributed by atoms with van der Waals surface area (Å²) in [5.41, 5.74) is 0. The highest BCUT2D eigenvalue weighted by atomic mass is 32.2. The maximum Gasteiger partial charge on any atom is 0.243 e. The van der Waals surface area contributed by atoms with Gasteiger partial charge in [0.25, 0.3) is 0 Å². The van der Waals surface area contributed by atoms with E-state index in [9.17, 15) is 13.2 Å². The molecule has 2 aliphatic heterocycles. The van der Waals surface area contributed by atoms with Crippen molar-refractivity contribution in [1.82, 2.24) is 14.5 Å².